The maximum atomic E-state index is 11.4. The molecule has 1 aliphatic heterocycles. The summed E-state index contributed by atoms with van der Waals surface area (Å²) in [6.45, 7) is 6.39. The van der Waals surface area contributed by atoms with Gasteiger partial charge in [0.25, 0.3) is 5.91 Å². The number of nitrogens with one attached hydrogen (secondary N) is 1. The molecule has 0 aliphatic carbocycles. The van der Waals surface area contributed by atoms with Gasteiger partial charge in [0.05, 0.1) is 17.4 Å². The van der Waals surface area contributed by atoms with Gasteiger partial charge in [0, 0.05) is 13.1 Å². The minimum absolute atomic E-state index is 0.346. The van der Waals surface area contributed by atoms with E-state index < -0.39 is 5.91 Å². The fraction of sp³-hybridized carbons (Fsp3) is 0.571. The van der Waals surface area contributed by atoms with Crippen LogP contribution in [0, 0.1) is 5.92 Å². The van der Waals surface area contributed by atoms with Crippen molar-refractivity contribution < 1.29 is 4.79 Å². The van der Waals surface area contributed by atoms with Crippen molar-refractivity contribution >= 4 is 17.4 Å². The van der Waals surface area contributed by atoms with Crippen LogP contribution >= 0.6 is 0 Å². The summed E-state index contributed by atoms with van der Waals surface area (Å²) in [6, 6.07) is 1.56. The smallest absolute Gasteiger partial charge is 0.252 e. The number of amides is 1. The number of rotatable bonds is 6. The molecule has 110 valence electrons. The molecule has 0 radical (unpaired) electrons. The third-order valence-corrected chi connectivity index (χ3v) is 3.56. The minimum Gasteiger partial charge on any atom is -0.397 e. The van der Waals surface area contributed by atoms with Crippen LogP contribution in [0.3, 0.4) is 0 Å². The number of hydrogen-bond donors (Lipinski definition) is 3. The minimum atomic E-state index is -0.514. The van der Waals surface area contributed by atoms with Gasteiger partial charge in [-0.2, -0.15) is 0 Å². The van der Waals surface area contributed by atoms with Gasteiger partial charge in [-0.1, -0.05) is 6.92 Å². The number of carbonyl (C=O) groups excluding carboxylic acids is 1. The standard InChI is InChI=1S/C14H23N5O/c1-10(9-19-4-2-3-5-19)7-17-14-12(13(16)20)6-11(15)8-18-14/h6,8,10H,2-5,7,9,15H2,1H3,(H2,16,20)(H,17,18). The van der Waals surface area contributed by atoms with Crippen molar-refractivity contribution in [1.29, 1.82) is 0 Å². The Hall–Kier alpha value is -1.82. The van der Waals surface area contributed by atoms with E-state index in [-0.39, 0.29) is 0 Å². The van der Waals surface area contributed by atoms with Crippen LogP contribution in [0.5, 0.6) is 0 Å². The average Bonchev–Trinajstić information content (AvgIpc) is 2.90. The molecule has 6 nitrogen and oxygen atoms in total. The van der Waals surface area contributed by atoms with Crippen molar-refractivity contribution in [2.45, 2.75) is 19.8 Å². The number of pyridine rings is 1. The molecule has 1 aromatic rings. The van der Waals surface area contributed by atoms with Gasteiger partial charge in [-0.15, -0.1) is 0 Å². The lowest BCUT2D eigenvalue weighted by Crippen LogP contribution is -2.29. The van der Waals surface area contributed by atoms with Gasteiger partial charge in [0.2, 0.25) is 0 Å². The van der Waals surface area contributed by atoms with Crippen molar-refractivity contribution in [3.63, 3.8) is 0 Å². The number of aromatic nitrogens is 1. The van der Waals surface area contributed by atoms with Crippen LogP contribution in [0.15, 0.2) is 12.3 Å². The Morgan fingerprint density at radius 1 is 1.50 bits per heavy atom. The van der Waals surface area contributed by atoms with Crippen molar-refractivity contribution in [1.82, 2.24) is 9.88 Å². The molecular weight excluding hydrogens is 254 g/mol. The van der Waals surface area contributed by atoms with Gasteiger partial charge in [0.15, 0.2) is 0 Å². The van der Waals surface area contributed by atoms with Gasteiger partial charge >= 0.3 is 0 Å². The number of hydrogen-bond acceptors (Lipinski definition) is 5. The molecule has 1 aliphatic rings. The number of nitrogens with two attached hydrogens (primary N) is 2. The fourth-order valence-corrected chi connectivity index (χ4v) is 2.55. The van der Waals surface area contributed by atoms with Crippen LogP contribution in [0.2, 0.25) is 0 Å². The van der Waals surface area contributed by atoms with Crippen LogP contribution in [0.4, 0.5) is 11.5 Å². The van der Waals surface area contributed by atoms with Crippen molar-refractivity contribution in [2.24, 2.45) is 11.7 Å². The second kappa shape index (κ2) is 6.56. The molecule has 2 rings (SSSR count). The second-order valence-electron chi connectivity index (χ2n) is 5.52. The molecule has 5 N–H and O–H groups in total. The topological polar surface area (TPSA) is 97.3 Å². The number of carbonyl (C=O) groups is 1. The number of primary amides is 1. The summed E-state index contributed by atoms with van der Waals surface area (Å²) in [5.74, 6) is 0.479. The number of nitrogens with zero attached hydrogens (tertiary/aromatic N) is 2. The Balaban J connectivity index is 1.91. The van der Waals surface area contributed by atoms with E-state index in [1.54, 1.807) is 6.07 Å². The molecule has 6 heteroatoms. The van der Waals surface area contributed by atoms with E-state index in [9.17, 15) is 4.79 Å². The average molecular weight is 277 g/mol. The van der Waals surface area contributed by atoms with E-state index in [0.29, 0.717) is 23.0 Å². The van der Waals surface area contributed by atoms with Crippen molar-refractivity contribution in [2.75, 3.05) is 37.2 Å². The maximum Gasteiger partial charge on any atom is 0.252 e. The lowest BCUT2D eigenvalue weighted by atomic mass is 10.1. The summed E-state index contributed by atoms with van der Waals surface area (Å²) in [5, 5.41) is 3.20. The zero-order valence-corrected chi connectivity index (χ0v) is 11.9. The van der Waals surface area contributed by atoms with Crippen LogP contribution < -0.4 is 16.8 Å². The SMILES string of the molecule is CC(CNc1ncc(N)cc1C(N)=O)CN1CCCC1. The zero-order chi connectivity index (χ0) is 14.5. The highest BCUT2D eigenvalue weighted by Gasteiger charge is 2.16. The largest absolute Gasteiger partial charge is 0.397 e. The summed E-state index contributed by atoms with van der Waals surface area (Å²) in [7, 11) is 0. The first-order valence-electron chi connectivity index (χ1n) is 7.08. The summed E-state index contributed by atoms with van der Waals surface area (Å²) in [5.41, 5.74) is 11.7. The Kier molecular flexibility index (Phi) is 4.79. The summed E-state index contributed by atoms with van der Waals surface area (Å²) >= 11 is 0. The molecule has 0 bridgehead atoms. The first-order chi connectivity index (χ1) is 9.56. The number of anilines is 2. The Bertz CT molecular complexity index is 471. The first kappa shape index (κ1) is 14.6. The number of nitrogen functional groups attached to an aromatic ring is 1. The van der Waals surface area contributed by atoms with Gasteiger partial charge in [-0.25, -0.2) is 4.98 Å². The fourth-order valence-electron chi connectivity index (χ4n) is 2.55. The highest BCUT2D eigenvalue weighted by Crippen LogP contribution is 2.16. The van der Waals surface area contributed by atoms with E-state index in [1.165, 1.54) is 32.1 Å². The predicted octanol–water partition coefficient (Wildman–Crippen LogP) is 0.906. The van der Waals surface area contributed by atoms with E-state index in [2.05, 4.69) is 22.1 Å². The molecule has 1 amide bonds. The molecule has 2 heterocycles. The molecule has 20 heavy (non-hydrogen) atoms. The molecule has 1 fully saturated rings. The predicted molar refractivity (Wildman–Crippen MR) is 80.5 cm³/mol. The van der Waals surface area contributed by atoms with Crippen LogP contribution in [0.1, 0.15) is 30.1 Å². The third kappa shape index (κ3) is 3.84. The third-order valence-electron chi connectivity index (χ3n) is 3.56. The van der Waals surface area contributed by atoms with E-state index in [1.807, 2.05) is 0 Å². The molecule has 1 saturated heterocycles. The van der Waals surface area contributed by atoms with E-state index in [4.69, 9.17) is 11.5 Å². The highest BCUT2D eigenvalue weighted by molar-refractivity contribution is 5.98. The molecule has 1 aromatic heterocycles. The molecule has 0 saturated carbocycles. The van der Waals surface area contributed by atoms with E-state index in [0.717, 1.165) is 13.1 Å². The highest BCUT2D eigenvalue weighted by atomic mass is 16.1. The summed E-state index contributed by atoms with van der Waals surface area (Å²) in [6.07, 6.45) is 4.12. The quantitative estimate of drug-likeness (QED) is 0.718. The lowest BCUT2D eigenvalue weighted by molar-refractivity contribution is 0.100. The Morgan fingerprint density at radius 2 is 2.20 bits per heavy atom. The zero-order valence-electron chi connectivity index (χ0n) is 11.9. The van der Waals surface area contributed by atoms with Gasteiger partial charge in [-0.05, 0) is 37.9 Å². The van der Waals surface area contributed by atoms with Gasteiger partial charge in [-0.3, -0.25) is 4.79 Å². The Morgan fingerprint density at radius 3 is 2.85 bits per heavy atom. The number of likely N-dealkylation sites (tertiary alicyclic amines) is 1. The van der Waals surface area contributed by atoms with Crippen molar-refractivity contribution in [3.05, 3.63) is 17.8 Å². The van der Waals surface area contributed by atoms with Gasteiger partial charge in [0.1, 0.15) is 5.82 Å². The Labute approximate surface area is 119 Å². The summed E-state index contributed by atoms with van der Waals surface area (Å²) < 4.78 is 0. The van der Waals surface area contributed by atoms with Crippen molar-refractivity contribution in [3.8, 4) is 0 Å². The molecule has 0 aromatic carbocycles. The van der Waals surface area contributed by atoms with Crippen LogP contribution in [-0.4, -0.2) is 42.0 Å². The molecule has 0 spiro atoms. The monoisotopic (exact) mass is 277 g/mol. The summed E-state index contributed by atoms with van der Waals surface area (Å²) in [4.78, 5) is 18.0. The van der Waals surface area contributed by atoms with Crippen LogP contribution in [-0.2, 0) is 0 Å². The normalized spacial score (nSPS) is 17.1. The second-order valence-corrected chi connectivity index (χ2v) is 5.52. The van der Waals surface area contributed by atoms with Gasteiger partial charge < -0.3 is 21.7 Å². The first-order valence-corrected chi connectivity index (χ1v) is 7.08. The molecular formula is C14H23N5O. The van der Waals surface area contributed by atoms with E-state index >= 15 is 0 Å². The maximum absolute atomic E-state index is 11.4. The van der Waals surface area contributed by atoms with Crippen LogP contribution in [0.25, 0.3) is 0 Å². The molecule has 1 atom stereocenters. The molecule has 1 unspecified atom stereocenters. The lowest BCUT2D eigenvalue weighted by Gasteiger charge is -2.21.